The van der Waals surface area contributed by atoms with Crippen molar-refractivity contribution >= 4 is 29.7 Å². The maximum absolute atomic E-state index is 13.1. The molecule has 1 aliphatic rings. The quantitative estimate of drug-likeness (QED) is 0.290. The molecule has 0 bridgehead atoms. The summed E-state index contributed by atoms with van der Waals surface area (Å²) in [4.78, 5) is 53.1. The number of nitrogens with one attached hydrogen (secondary N) is 2. The minimum absolute atomic E-state index is 0.0137. The van der Waals surface area contributed by atoms with Crippen molar-refractivity contribution in [3.05, 3.63) is 11.8 Å². The summed E-state index contributed by atoms with van der Waals surface area (Å²) in [5.74, 6) is -1.78. The number of carbonyl (C=O) groups excluding carboxylic acids is 4. The van der Waals surface area contributed by atoms with Gasteiger partial charge in [-0.3, -0.25) is 24.2 Å². The molecule has 0 aromatic heterocycles. The third-order valence-electron chi connectivity index (χ3n) is 5.46. The first-order valence-corrected chi connectivity index (χ1v) is 11.7. The number of nitrogens with two attached hydrogens (primary N) is 1. The van der Waals surface area contributed by atoms with Crippen molar-refractivity contribution in [1.29, 1.82) is 0 Å². The van der Waals surface area contributed by atoms with Crippen LogP contribution >= 0.6 is 0 Å². The molecule has 33 heavy (non-hydrogen) atoms. The minimum Gasteiger partial charge on any atom is -0.392 e. The molecule has 9 nitrogen and oxygen atoms in total. The number of aliphatic hydroxyl groups excluding tert-OH is 1. The number of nitrogens with zero attached hydrogens (tertiary/aromatic N) is 1. The lowest BCUT2D eigenvalue weighted by Gasteiger charge is -2.26. The van der Waals surface area contributed by atoms with E-state index in [2.05, 4.69) is 15.6 Å². The Morgan fingerprint density at radius 1 is 1.03 bits per heavy atom. The molecule has 4 atom stereocenters. The fourth-order valence-electron chi connectivity index (χ4n) is 3.96. The van der Waals surface area contributed by atoms with Gasteiger partial charge in [-0.2, -0.15) is 0 Å². The summed E-state index contributed by atoms with van der Waals surface area (Å²) < 4.78 is 0. The Bertz CT molecular complexity index is 760. The summed E-state index contributed by atoms with van der Waals surface area (Å²) in [6.07, 6.45) is 4.25. The molecule has 0 unspecified atom stereocenters. The number of primary amides is 1. The average molecular weight is 465 g/mol. The van der Waals surface area contributed by atoms with E-state index >= 15 is 0 Å². The van der Waals surface area contributed by atoms with E-state index in [1.54, 1.807) is 6.21 Å². The van der Waals surface area contributed by atoms with E-state index in [-0.39, 0.29) is 42.8 Å². The maximum atomic E-state index is 13.1. The summed E-state index contributed by atoms with van der Waals surface area (Å²) >= 11 is 0. The van der Waals surface area contributed by atoms with E-state index in [0.717, 1.165) is 5.70 Å². The zero-order valence-corrected chi connectivity index (χ0v) is 20.5. The number of Topliss-reactive ketones (excluding diaryl/α,β-unsaturated/α-hetero) is 1. The number of hydrogen-bond donors (Lipinski definition) is 4. The zero-order valence-electron chi connectivity index (χ0n) is 20.5. The normalized spacial score (nSPS) is 16.8. The van der Waals surface area contributed by atoms with Gasteiger partial charge in [0.05, 0.1) is 18.6 Å². The fraction of sp³-hybridized carbons (Fsp3) is 0.708. The molecule has 0 aliphatic carbocycles. The molecule has 0 aromatic rings. The summed E-state index contributed by atoms with van der Waals surface area (Å²) in [7, 11) is 0. The third kappa shape index (κ3) is 11.2. The standard InChI is InChI=1S/C24H40N4O5/c1-14(2)9-17(21(30)13-23(32)28-20(24(25)33)10-15(3)4)11-22(31)19(27-16(5)29)12-18-7-6-8-26-18/h7-8,14-15,17,19-21,30H,6,9-13H2,1-5H3,(H2,25,33)(H,27,29)(H,28,32)/t17-,19+,20+,21+/m1/s1. The first kappa shape index (κ1) is 28.5. The smallest absolute Gasteiger partial charge is 0.240 e. The Kier molecular flexibility index (Phi) is 12.0. The third-order valence-corrected chi connectivity index (χ3v) is 5.46. The molecule has 0 radical (unpaired) electrons. The number of aliphatic imine (C=N–C) groups is 1. The van der Waals surface area contributed by atoms with Gasteiger partial charge in [-0.25, -0.2) is 0 Å². The van der Waals surface area contributed by atoms with Gasteiger partial charge in [0.15, 0.2) is 5.78 Å². The highest BCUT2D eigenvalue weighted by Crippen LogP contribution is 2.24. The van der Waals surface area contributed by atoms with Crippen LogP contribution in [0.15, 0.2) is 16.8 Å². The zero-order chi connectivity index (χ0) is 25.1. The van der Waals surface area contributed by atoms with Crippen LogP contribution in [0.4, 0.5) is 0 Å². The van der Waals surface area contributed by atoms with Crippen molar-refractivity contribution in [2.75, 3.05) is 0 Å². The summed E-state index contributed by atoms with van der Waals surface area (Å²) in [5.41, 5.74) is 6.13. The molecule has 5 N–H and O–H groups in total. The average Bonchev–Trinajstić information content (AvgIpc) is 3.18. The Hall–Kier alpha value is -2.55. The lowest BCUT2D eigenvalue weighted by Crippen LogP contribution is -2.46. The highest BCUT2D eigenvalue weighted by Gasteiger charge is 2.30. The van der Waals surface area contributed by atoms with Crippen molar-refractivity contribution in [3.8, 4) is 0 Å². The van der Waals surface area contributed by atoms with E-state index in [1.807, 2.05) is 33.8 Å². The molecule has 0 fully saturated rings. The van der Waals surface area contributed by atoms with Crippen LogP contribution in [0.3, 0.4) is 0 Å². The van der Waals surface area contributed by atoms with Gasteiger partial charge in [-0.15, -0.1) is 0 Å². The fourth-order valence-corrected chi connectivity index (χ4v) is 3.96. The van der Waals surface area contributed by atoms with Crippen molar-refractivity contribution in [3.63, 3.8) is 0 Å². The number of allylic oxidation sites excluding steroid dienone is 1. The van der Waals surface area contributed by atoms with Crippen molar-refractivity contribution in [2.45, 2.75) is 91.3 Å². The number of hydrogen-bond acceptors (Lipinski definition) is 6. The van der Waals surface area contributed by atoms with Crippen LogP contribution in [-0.4, -0.2) is 53.0 Å². The summed E-state index contributed by atoms with van der Waals surface area (Å²) in [6, 6.07) is -1.55. The minimum atomic E-state index is -1.08. The largest absolute Gasteiger partial charge is 0.392 e. The van der Waals surface area contributed by atoms with Gasteiger partial charge in [-0.1, -0.05) is 33.8 Å². The Balaban J connectivity index is 2.85. The predicted octanol–water partition coefficient (Wildman–Crippen LogP) is 1.63. The summed E-state index contributed by atoms with van der Waals surface area (Å²) in [5, 5.41) is 16.1. The second kappa shape index (κ2) is 13.9. The molecule has 9 heteroatoms. The van der Waals surface area contributed by atoms with Gasteiger partial charge in [0.1, 0.15) is 6.04 Å². The molecule has 3 amide bonds. The van der Waals surface area contributed by atoms with E-state index in [4.69, 9.17) is 5.73 Å². The lowest BCUT2D eigenvalue weighted by atomic mass is 9.84. The number of ketones is 1. The Morgan fingerprint density at radius 3 is 2.15 bits per heavy atom. The van der Waals surface area contributed by atoms with E-state index in [9.17, 15) is 24.3 Å². The number of rotatable bonds is 15. The number of aliphatic hydroxyl groups is 1. The molecular weight excluding hydrogens is 424 g/mol. The van der Waals surface area contributed by atoms with Gasteiger partial charge in [0.2, 0.25) is 17.7 Å². The maximum Gasteiger partial charge on any atom is 0.240 e. The predicted molar refractivity (Wildman–Crippen MR) is 127 cm³/mol. The van der Waals surface area contributed by atoms with E-state index < -0.39 is 35.9 Å². The number of amides is 3. The molecule has 1 aliphatic heterocycles. The Morgan fingerprint density at radius 2 is 1.67 bits per heavy atom. The van der Waals surface area contributed by atoms with Crippen molar-refractivity contribution in [1.82, 2.24) is 10.6 Å². The van der Waals surface area contributed by atoms with E-state index in [1.165, 1.54) is 6.92 Å². The molecular formula is C24H40N4O5. The van der Waals surface area contributed by atoms with Crippen LogP contribution < -0.4 is 16.4 Å². The van der Waals surface area contributed by atoms with Gasteiger partial charge < -0.3 is 21.5 Å². The second-order valence-corrected chi connectivity index (χ2v) is 9.68. The number of carbonyl (C=O) groups is 4. The van der Waals surface area contributed by atoms with E-state index in [0.29, 0.717) is 19.3 Å². The lowest BCUT2D eigenvalue weighted by molar-refractivity contribution is -0.130. The highest BCUT2D eigenvalue weighted by atomic mass is 16.3. The van der Waals surface area contributed by atoms with Gasteiger partial charge in [0.25, 0.3) is 0 Å². The molecule has 0 saturated heterocycles. The first-order chi connectivity index (χ1) is 15.4. The molecule has 0 saturated carbocycles. The second-order valence-electron chi connectivity index (χ2n) is 9.68. The molecule has 1 heterocycles. The molecule has 0 aromatic carbocycles. The topological polar surface area (TPSA) is 151 Å². The SMILES string of the molecule is CC(=O)N[C@@H](CC1=CCC=N1)C(=O)C[C@@H](CC(C)C)[C@@H](O)CC(=O)N[C@@H](CC(C)C)C(N)=O. The Labute approximate surface area is 196 Å². The molecule has 186 valence electrons. The van der Waals surface area contributed by atoms with Crippen LogP contribution in [0.5, 0.6) is 0 Å². The van der Waals surface area contributed by atoms with Crippen LogP contribution in [0.1, 0.15) is 73.1 Å². The van der Waals surface area contributed by atoms with Crippen LogP contribution in [-0.2, 0) is 19.2 Å². The van der Waals surface area contributed by atoms with Crippen LogP contribution in [0, 0.1) is 17.8 Å². The van der Waals surface area contributed by atoms with Crippen molar-refractivity contribution in [2.24, 2.45) is 28.5 Å². The highest BCUT2D eigenvalue weighted by molar-refractivity contribution is 5.89. The monoisotopic (exact) mass is 464 g/mol. The first-order valence-electron chi connectivity index (χ1n) is 11.7. The molecule has 1 rings (SSSR count). The van der Waals surface area contributed by atoms with Crippen LogP contribution in [0.25, 0.3) is 0 Å². The van der Waals surface area contributed by atoms with Gasteiger partial charge in [0, 0.05) is 38.1 Å². The van der Waals surface area contributed by atoms with Crippen LogP contribution in [0.2, 0.25) is 0 Å². The van der Waals surface area contributed by atoms with Crippen molar-refractivity contribution < 1.29 is 24.3 Å². The van der Waals surface area contributed by atoms with Gasteiger partial charge >= 0.3 is 0 Å². The molecule has 0 spiro atoms. The van der Waals surface area contributed by atoms with Gasteiger partial charge in [-0.05, 0) is 30.6 Å². The summed E-state index contributed by atoms with van der Waals surface area (Å²) in [6.45, 7) is 9.13.